The molecule has 1 aliphatic rings. The lowest BCUT2D eigenvalue weighted by Crippen LogP contribution is -2.14. The van der Waals surface area contributed by atoms with Gasteiger partial charge in [0.15, 0.2) is 0 Å². The molecule has 7 rings (SSSR count). The highest BCUT2D eigenvalue weighted by molar-refractivity contribution is 8.43. The van der Waals surface area contributed by atoms with E-state index < -0.39 is 15.2 Å². The molecule has 0 saturated heterocycles. The van der Waals surface area contributed by atoms with Crippen molar-refractivity contribution in [1.29, 1.82) is 0 Å². The molecule has 0 aliphatic carbocycles. The van der Waals surface area contributed by atoms with Gasteiger partial charge in [0.05, 0.1) is 0 Å². The Labute approximate surface area is 251 Å². The first kappa shape index (κ1) is 26.6. The summed E-state index contributed by atoms with van der Waals surface area (Å²) >= 11 is 0. The lowest BCUT2D eigenvalue weighted by atomic mass is 9.89. The van der Waals surface area contributed by atoms with Crippen LogP contribution in [-0.2, 0) is 0 Å². The molecule has 6 aromatic rings. The van der Waals surface area contributed by atoms with Crippen LogP contribution in [0.5, 0.6) is 0 Å². The molecule has 200 valence electrons. The van der Waals surface area contributed by atoms with Gasteiger partial charge >= 0.3 is 0 Å². The van der Waals surface area contributed by atoms with Crippen LogP contribution in [-0.4, -0.2) is 0 Å². The predicted octanol–water partition coefficient (Wildman–Crippen LogP) is 10.7. The fourth-order valence-corrected chi connectivity index (χ4v) is 14.4. The third kappa shape index (κ3) is 5.10. The zero-order valence-electron chi connectivity index (χ0n) is 23.2. The minimum absolute atomic E-state index is 0.803. The quantitative estimate of drug-likeness (QED) is 0.174. The van der Waals surface area contributed by atoms with Crippen LogP contribution in [0.4, 0.5) is 0 Å². The van der Waals surface area contributed by atoms with Crippen LogP contribution in [0.25, 0.3) is 21.8 Å². The van der Waals surface area contributed by atoms with Gasteiger partial charge in [-0.1, -0.05) is 182 Å². The predicted molar refractivity (Wildman–Crippen MR) is 185 cm³/mol. The molecule has 0 unspecified atom stereocenters. The lowest BCUT2D eigenvalue weighted by molar-refractivity contribution is 1.57. The summed E-state index contributed by atoms with van der Waals surface area (Å²) in [6, 6.07) is 66.9. The molecule has 0 nitrogen and oxygen atoms in total. The Balaban J connectivity index is 1.71. The second-order valence-corrected chi connectivity index (χ2v) is 15.8. The summed E-state index contributed by atoms with van der Waals surface area (Å²) in [7, 11) is -1.61. The maximum Gasteiger partial charge on any atom is 0.00110 e. The fraction of sp³-hybridized carbons (Fsp3) is 0. The Morgan fingerprint density at radius 2 is 0.476 bits per heavy atom. The maximum atomic E-state index is 2.35. The number of rotatable bonds is 6. The van der Waals surface area contributed by atoms with Crippen LogP contribution in [0.2, 0.25) is 0 Å². The van der Waals surface area contributed by atoms with Gasteiger partial charge in [0, 0.05) is 10.6 Å². The number of hydrogen-bond acceptors (Lipinski definition) is 0. The van der Waals surface area contributed by atoms with E-state index in [1.165, 1.54) is 54.6 Å². The van der Waals surface area contributed by atoms with E-state index in [0.29, 0.717) is 0 Å². The normalized spacial score (nSPS) is 16.9. The fourth-order valence-electron chi connectivity index (χ4n) is 5.77. The SMILES string of the molecule is c1ccc(C2=C(c3ccccc3)[P@](c3ccccc3)[P@@](c3ccccc3)C(c3ccccc3)=C2c2ccccc2)cc1. The van der Waals surface area contributed by atoms with Crippen molar-refractivity contribution in [1.82, 2.24) is 0 Å². The first-order valence-electron chi connectivity index (χ1n) is 14.3. The van der Waals surface area contributed by atoms with Crippen molar-refractivity contribution < 1.29 is 0 Å². The standard InChI is InChI=1S/C40H30P2/c1-7-19-31(20-8-1)37-38(32-21-9-2-10-22-32)40(34-25-13-4-14-26-34)42(36-29-17-6-18-30-36)41(35-27-15-5-16-28-35)39(37)33-23-11-3-12-24-33/h1-30H/t41-,42-/m0/s1. The van der Waals surface area contributed by atoms with E-state index in [0.717, 1.165) is 0 Å². The highest BCUT2D eigenvalue weighted by atomic mass is 32.1. The van der Waals surface area contributed by atoms with Gasteiger partial charge in [-0.2, -0.15) is 0 Å². The Bertz CT molecular complexity index is 1690. The van der Waals surface area contributed by atoms with Gasteiger partial charge in [0.1, 0.15) is 0 Å². The minimum Gasteiger partial charge on any atom is -0.0622 e. The van der Waals surface area contributed by atoms with Crippen LogP contribution >= 0.6 is 15.2 Å². The van der Waals surface area contributed by atoms with Crippen molar-refractivity contribution in [2.75, 3.05) is 0 Å². The van der Waals surface area contributed by atoms with E-state index in [4.69, 9.17) is 0 Å². The highest BCUT2D eigenvalue weighted by Crippen LogP contribution is 2.84. The molecule has 42 heavy (non-hydrogen) atoms. The summed E-state index contributed by atoms with van der Waals surface area (Å²) in [5.74, 6) is 0. The van der Waals surface area contributed by atoms with Crippen molar-refractivity contribution in [3.8, 4) is 0 Å². The van der Waals surface area contributed by atoms with Gasteiger partial charge in [-0.25, -0.2) is 0 Å². The van der Waals surface area contributed by atoms with Gasteiger partial charge in [-0.3, -0.25) is 0 Å². The summed E-state index contributed by atoms with van der Waals surface area (Å²) in [4.78, 5) is 0. The zero-order valence-corrected chi connectivity index (χ0v) is 25.0. The summed E-state index contributed by atoms with van der Waals surface area (Å²) < 4.78 is 0. The van der Waals surface area contributed by atoms with Gasteiger partial charge in [0.25, 0.3) is 0 Å². The second-order valence-electron chi connectivity index (χ2n) is 10.2. The smallest absolute Gasteiger partial charge is 0.00110 e. The second kappa shape index (κ2) is 12.3. The van der Waals surface area contributed by atoms with Crippen LogP contribution in [0, 0.1) is 0 Å². The summed E-state index contributed by atoms with van der Waals surface area (Å²) in [5.41, 5.74) is 7.81. The van der Waals surface area contributed by atoms with E-state index in [9.17, 15) is 0 Å². The van der Waals surface area contributed by atoms with Gasteiger partial charge < -0.3 is 0 Å². The van der Waals surface area contributed by atoms with Crippen molar-refractivity contribution >= 4 is 47.6 Å². The molecule has 0 fully saturated rings. The molecule has 1 aliphatic heterocycles. The molecule has 2 atom stereocenters. The number of allylic oxidation sites excluding steroid dienone is 2. The molecule has 6 aromatic carbocycles. The molecule has 0 N–H and O–H groups in total. The molecule has 1 heterocycles. The molecule has 0 bridgehead atoms. The topological polar surface area (TPSA) is 0 Å². The average molecular weight is 573 g/mol. The Kier molecular flexibility index (Phi) is 7.75. The van der Waals surface area contributed by atoms with E-state index >= 15 is 0 Å². The third-order valence-electron chi connectivity index (χ3n) is 7.57. The average Bonchev–Trinajstić information content (AvgIpc) is 3.09. The van der Waals surface area contributed by atoms with Crippen molar-refractivity contribution in [3.05, 3.63) is 204 Å². The maximum absolute atomic E-state index is 2.35. The van der Waals surface area contributed by atoms with E-state index in [-0.39, 0.29) is 0 Å². The Hall–Kier alpha value is -4.34. The molecular formula is C40H30P2. The van der Waals surface area contributed by atoms with Crippen molar-refractivity contribution in [2.24, 2.45) is 0 Å². The molecule has 2 heteroatoms. The monoisotopic (exact) mass is 572 g/mol. The van der Waals surface area contributed by atoms with Gasteiger partial charge in [0.2, 0.25) is 0 Å². The molecule has 0 saturated carbocycles. The lowest BCUT2D eigenvalue weighted by Gasteiger charge is -2.41. The highest BCUT2D eigenvalue weighted by Gasteiger charge is 2.40. The Morgan fingerprint density at radius 3 is 0.762 bits per heavy atom. The van der Waals surface area contributed by atoms with Crippen LogP contribution in [0.1, 0.15) is 22.3 Å². The van der Waals surface area contributed by atoms with Crippen molar-refractivity contribution in [2.45, 2.75) is 0 Å². The number of hydrogen-bond donors (Lipinski definition) is 0. The third-order valence-corrected chi connectivity index (χ3v) is 15.1. The largest absolute Gasteiger partial charge is 0.0622 e. The Morgan fingerprint density at radius 1 is 0.238 bits per heavy atom. The number of benzene rings is 6. The summed E-state index contributed by atoms with van der Waals surface area (Å²) in [5, 5.41) is 5.73. The van der Waals surface area contributed by atoms with Crippen LogP contribution in [0.15, 0.2) is 182 Å². The molecular weight excluding hydrogens is 542 g/mol. The molecule has 0 amide bonds. The van der Waals surface area contributed by atoms with E-state index in [2.05, 4.69) is 182 Å². The van der Waals surface area contributed by atoms with Gasteiger partial charge in [-0.05, 0) is 59.2 Å². The van der Waals surface area contributed by atoms with E-state index in [1.54, 1.807) is 0 Å². The first-order chi connectivity index (χ1) is 20.9. The van der Waals surface area contributed by atoms with Crippen molar-refractivity contribution in [3.63, 3.8) is 0 Å². The van der Waals surface area contributed by atoms with E-state index in [1.807, 2.05) is 0 Å². The molecule has 0 radical (unpaired) electrons. The van der Waals surface area contributed by atoms with Gasteiger partial charge in [-0.15, -0.1) is 0 Å². The molecule has 0 spiro atoms. The van der Waals surface area contributed by atoms with Crippen LogP contribution in [0.3, 0.4) is 0 Å². The minimum atomic E-state index is -0.803. The zero-order chi connectivity index (χ0) is 28.1. The van der Waals surface area contributed by atoms with Crippen LogP contribution < -0.4 is 10.6 Å². The first-order valence-corrected chi connectivity index (χ1v) is 17.7. The summed E-state index contributed by atoms with van der Waals surface area (Å²) in [6.45, 7) is 0. The summed E-state index contributed by atoms with van der Waals surface area (Å²) in [6.07, 6.45) is 0. The molecule has 0 aromatic heterocycles.